The average molecular weight is 333 g/mol. The van der Waals surface area contributed by atoms with Gasteiger partial charge in [-0.1, -0.05) is 55.8 Å². The van der Waals surface area contributed by atoms with Gasteiger partial charge in [0.05, 0.1) is 16.5 Å². The molecule has 0 atom stereocenters. The first-order chi connectivity index (χ1) is 9.95. The lowest BCUT2D eigenvalue weighted by molar-refractivity contribution is -0.118. The van der Waals surface area contributed by atoms with Gasteiger partial charge in [-0.15, -0.1) is 0 Å². The Morgan fingerprint density at radius 1 is 1.05 bits per heavy atom. The Morgan fingerprint density at radius 3 is 2.38 bits per heavy atom. The van der Waals surface area contributed by atoms with Gasteiger partial charge in [0, 0.05) is 12.0 Å². The van der Waals surface area contributed by atoms with Crippen LogP contribution in [0, 0.1) is 5.82 Å². The molecule has 0 saturated carbocycles. The highest BCUT2D eigenvalue weighted by Gasteiger charge is 2.17. The quantitative estimate of drug-likeness (QED) is 0.254. The standard InChI is InChI=1S/C16H19Cl2FO2/c1-2-3-4-5-6-7-11(20)8-16(21)12-9-15(19)14(18)10-13(12)17/h9-10H,2-8H2,1H3. The third-order valence-electron chi connectivity index (χ3n) is 3.23. The fourth-order valence-corrected chi connectivity index (χ4v) is 2.51. The molecule has 0 bridgehead atoms. The molecular formula is C16H19Cl2FO2. The summed E-state index contributed by atoms with van der Waals surface area (Å²) in [4.78, 5) is 23.7. The van der Waals surface area contributed by atoms with Gasteiger partial charge in [-0.3, -0.25) is 9.59 Å². The van der Waals surface area contributed by atoms with Gasteiger partial charge in [-0.25, -0.2) is 4.39 Å². The molecule has 0 aromatic heterocycles. The van der Waals surface area contributed by atoms with Gasteiger partial charge in [0.2, 0.25) is 0 Å². The molecule has 5 heteroatoms. The highest BCUT2D eigenvalue weighted by molar-refractivity contribution is 6.37. The number of hydrogen-bond acceptors (Lipinski definition) is 2. The van der Waals surface area contributed by atoms with E-state index in [1.165, 1.54) is 6.07 Å². The Labute approximate surface area is 134 Å². The van der Waals surface area contributed by atoms with E-state index in [-0.39, 0.29) is 27.8 Å². The highest BCUT2D eigenvalue weighted by Crippen LogP contribution is 2.25. The SMILES string of the molecule is CCCCCCCC(=O)CC(=O)c1cc(F)c(Cl)cc1Cl. The van der Waals surface area contributed by atoms with E-state index in [1.807, 2.05) is 0 Å². The lowest BCUT2D eigenvalue weighted by Gasteiger charge is -2.05. The van der Waals surface area contributed by atoms with Crippen molar-refractivity contribution in [3.8, 4) is 0 Å². The van der Waals surface area contributed by atoms with Gasteiger partial charge in [0.15, 0.2) is 5.78 Å². The first kappa shape index (κ1) is 18.1. The fraction of sp³-hybridized carbons (Fsp3) is 0.500. The monoisotopic (exact) mass is 332 g/mol. The van der Waals surface area contributed by atoms with Crippen LogP contribution in [0.5, 0.6) is 0 Å². The normalized spacial score (nSPS) is 10.7. The van der Waals surface area contributed by atoms with Crippen molar-refractivity contribution in [1.29, 1.82) is 0 Å². The molecular weight excluding hydrogens is 314 g/mol. The maximum atomic E-state index is 13.4. The van der Waals surface area contributed by atoms with Gasteiger partial charge in [0.1, 0.15) is 11.6 Å². The molecule has 1 aromatic rings. The zero-order valence-corrected chi connectivity index (χ0v) is 13.6. The first-order valence-electron chi connectivity index (χ1n) is 7.15. The minimum atomic E-state index is -0.712. The second-order valence-electron chi connectivity index (χ2n) is 5.05. The molecule has 116 valence electrons. The molecule has 0 aliphatic rings. The predicted octanol–water partition coefficient (Wildman–Crippen LogP) is 5.63. The van der Waals surface area contributed by atoms with Crippen LogP contribution in [0.1, 0.15) is 62.2 Å². The average Bonchev–Trinajstić information content (AvgIpc) is 2.42. The predicted molar refractivity (Wildman–Crippen MR) is 83.8 cm³/mol. The summed E-state index contributed by atoms with van der Waals surface area (Å²) < 4.78 is 13.4. The van der Waals surface area contributed by atoms with Crippen molar-refractivity contribution in [3.63, 3.8) is 0 Å². The van der Waals surface area contributed by atoms with Crippen molar-refractivity contribution in [3.05, 3.63) is 33.6 Å². The molecule has 0 fully saturated rings. The van der Waals surface area contributed by atoms with Gasteiger partial charge in [-0.05, 0) is 18.6 Å². The van der Waals surface area contributed by atoms with E-state index in [1.54, 1.807) is 0 Å². The Morgan fingerprint density at radius 2 is 1.71 bits per heavy atom. The number of rotatable bonds is 9. The lowest BCUT2D eigenvalue weighted by Crippen LogP contribution is -2.09. The Kier molecular flexibility index (Phi) is 7.91. The number of Topliss-reactive ketones (excluding diaryl/α,β-unsaturated/α-hetero) is 2. The summed E-state index contributed by atoms with van der Waals surface area (Å²) in [5.41, 5.74) is 0.0119. The van der Waals surface area contributed by atoms with E-state index in [9.17, 15) is 14.0 Å². The van der Waals surface area contributed by atoms with Crippen LogP contribution in [0.25, 0.3) is 0 Å². The molecule has 0 spiro atoms. The number of ketones is 2. The summed E-state index contributed by atoms with van der Waals surface area (Å²) in [5, 5.41) is -0.0686. The van der Waals surface area contributed by atoms with E-state index in [0.717, 1.165) is 38.2 Å². The third-order valence-corrected chi connectivity index (χ3v) is 3.83. The molecule has 0 saturated heterocycles. The minimum absolute atomic E-state index is 0.0119. The molecule has 0 N–H and O–H groups in total. The Hall–Kier alpha value is -0.930. The van der Waals surface area contributed by atoms with E-state index >= 15 is 0 Å². The molecule has 0 aliphatic carbocycles. The summed E-state index contributed by atoms with van der Waals surface area (Å²) >= 11 is 11.4. The highest BCUT2D eigenvalue weighted by atomic mass is 35.5. The van der Waals surface area contributed by atoms with Crippen molar-refractivity contribution in [2.45, 2.75) is 51.9 Å². The van der Waals surface area contributed by atoms with E-state index in [2.05, 4.69) is 6.92 Å². The van der Waals surface area contributed by atoms with Crippen LogP contribution in [-0.4, -0.2) is 11.6 Å². The molecule has 0 radical (unpaired) electrons. The molecule has 0 unspecified atom stereocenters. The topological polar surface area (TPSA) is 34.1 Å². The summed E-state index contributed by atoms with van der Waals surface area (Å²) in [7, 11) is 0. The summed E-state index contributed by atoms with van der Waals surface area (Å²) in [5.74, 6) is -1.31. The summed E-state index contributed by atoms with van der Waals surface area (Å²) in [6, 6.07) is 2.17. The van der Waals surface area contributed by atoms with Crippen molar-refractivity contribution in [2.75, 3.05) is 0 Å². The van der Waals surface area contributed by atoms with Crippen LogP contribution in [-0.2, 0) is 4.79 Å². The second-order valence-corrected chi connectivity index (χ2v) is 5.86. The number of hydrogen-bond donors (Lipinski definition) is 0. The lowest BCUT2D eigenvalue weighted by atomic mass is 10.0. The van der Waals surface area contributed by atoms with Crippen molar-refractivity contribution < 1.29 is 14.0 Å². The molecule has 1 rings (SSSR count). The largest absolute Gasteiger partial charge is 0.299 e. The molecule has 21 heavy (non-hydrogen) atoms. The zero-order valence-electron chi connectivity index (χ0n) is 12.1. The van der Waals surface area contributed by atoms with Crippen molar-refractivity contribution >= 4 is 34.8 Å². The number of halogens is 3. The molecule has 0 aliphatic heterocycles. The molecule has 0 heterocycles. The zero-order chi connectivity index (χ0) is 15.8. The fourth-order valence-electron chi connectivity index (χ4n) is 2.02. The van der Waals surface area contributed by atoms with Crippen molar-refractivity contribution in [1.82, 2.24) is 0 Å². The molecule has 1 aromatic carbocycles. The van der Waals surface area contributed by atoms with E-state index in [4.69, 9.17) is 23.2 Å². The number of benzene rings is 1. The van der Waals surface area contributed by atoms with Crippen molar-refractivity contribution in [2.24, 2.45) is 0 Å². The molecule has 2 nitrogen and oxygen atoms in total. The van der Waals surface area contributed by atoms with Crippen LogP contribution >= 0.6 is 23.2 Å². The first-order valence-corrected chi connectivity index (χ1v) is 7.90. The second kappa shape index (κ2) is 9.16. The van der Waals surface area contributed by atoms with Gasteiger partial charge >= 0.3 is 0 Å². The maximum absolute atomic E-state index is 13.4. The maximum Gasteiger partial charge on any atom is 0.171 e. The van der Waals surface area contributed by atoms with E-state index < -0.39 is 11.6 Å². The number of carbonyl (C=O) groups is 2. The van der Waals surface area contributed by atoms with Gasteiger partial charge < -0.3 is 0 Å². The van der Waals surface area contributed by atoms with Crippen LogP contribution in [0.3, 0.4) is 0 Å². The molecule has 0 amide bonds. The van der Waals surface area contributed by atoms with Gasteiger partial charge in [-0.2, -0.15) is 0 Å². The Balaban J connectivity index is 2.49. The number of carbonyl (C=O) groups excluding carboxylic acids is 2. The third kappa shape index (κ3) is 6.15. The van der Waals surface area contributed by atoms with E-state index in [0.29, 0.717) is 6.42 Å². The minimum Gasteiger partial charge on any atom is -0.299 e. The van der Waals surface area contributed by atoms with Crippen LogP contribution in [0.2, 0.25) is 10.0 Å². The number of unbranched alkanes of at least 4 members (excludes halogenated alkanes) is 4. The van der Waals surface area contributed by atoms with Crippen LogP contribution in [0.15, 0.2) is 12.1 Å². The van der Waals surface area contributed by atoms with Crippen LogP contribution < -0.4 is 0 Å². The Bertz CT molecular complexity index is 515. The summed E-state index contributed by atoms with van der Waals surface area (Å²) in [6.45, 7) is 2.12. The smallest absolute Gasteiger partial charge is 0.171 e. The van der Waals surface area contributed by atoms with Crippen LogP contribution in [0.4, 0.5) is 4.39 Å². The van der Waals surface area contributed by atoms with Gasteiger partial charge in [0.25, 0.3) is 0 Å². The summed E-state index contributed by atoms with van der Waals surface area (Å²) in [6.07, 6.45) is 5.32.